The molecule has 0 amide bonds. The predicted molar refractivity (Wildman–Crippen MR) is 125 cm³/mol. The highest BCUT2D eigenvalue weighted by atomic mass is 16.5. The van der Waals surface area contributed by atoms with E-state index in [-0.39, 0.29) is 11.9 Å². The van der Waals surface area contributed by atoms with Gasteiger partial charge in [-0.15, -0.1) is 0 Å². The van der Waals surface area contributed by atoms with Crippen LogP contribution in [0, 0.1) is 23.7 Å². The molecule has 0 aliphatic carbocycles. The first kappa shape index (κ1) is 28.9. The molecule has 0 N–H and O–H groups in total. The molecule has 0 saturated heterocycles. The first-order chi connectivity index (χ1) is 14.2. The van der Waals surface area contributed by atoms with Gasteiger partial charge in [0.15, 0.2) is 0 Å². The molecule has 0 saturated carbocycles. The molecule has 1 atom stereocenters. The predicted octanol–water partition coefficient (Wildman–Crippen LogP) is 7.34. The molecule has 0 heterocycles. The summed E-state index contributed by atoms with van der Waals surface area (Å²) in [6.07, 6.45) is 12.2. The summed E-state index contributed by atoms with van der Waals surface area (Å²) in [5.74, 6) is 2.02. The number of esters is 2. The number of unbranched alkanes of at least 4 members (excludes halogenated alkanes) is 6. The van der Waals surface area contributed by atoms with E-state index < -0.39 is 0 Å². The lowest BCUT2D eigenvalue weighted by atomic mass is 9.87. The van der Waals surface area contributed by atoms with Gasteiger partial charge in [0.1, 0.15) is 0 Å². The lowest BCUT2D eigenvalue weighted by Gasteiger charge is -2.20. The summed E-state index contributed by atoms with van der Waals surface area (Å²) in [4.78, 5) is 23.7. The fourth-order valence-corrected chi connectivity index (χ4v) is 3.39. The number of carbonyl (C=O) groups is 2. The molecule has 0 aliphatic rings. The Hall–Kier alpha value is -1.06. The summed E-state index contributed by atoms with van der Waals surface area (Å²) in [5, 5.41) is 0. The molecule has 0 aromatic carbocycles. The van der Waals surface area contributed by atoms with Crippen molar-refractivity contribution in [3.8, 4) is 0 Å². The number of carbonyl (C=O) groups excluding carboxylic acids is 2. The van der Waals surface area contributed by atoms with Crippen LogP contribution >= 0.6 is 0 Å². The van der Waals surface area contributed by atoms with E-state index in [2.05, 4.69) is 41.5 Å². The minimum absolute atomic E-state index is 0.0305. The van der Waals surface area contributed by atoms with Crippen molar-refractivity contribution in [2.24, 2.45) is 23.7 Å². The maximum absolute atomic E-state index is 12.1. The van der Waals surface area contributed by atoms with Crippen LogP contribution in [0.15, 0.2) is 0 Å². The average Bonchev–Trinajstić information content (AvgIpc) is 2.64. The first-order valence-corrected chi connectivity index (χ1v) is 12.5. The van der Waals surface area contributed by atoms with Crippen LogP contribution in [0.2, 0.25) is 0 Å². The largest absolute Gasteiger partial charge is 0.466 e. The normalized spacial score (nSPS) is 12.6. The van der Waals surface area contributed by atoms with Crippen LogP contribution in [0.4, 0.5) is 0 Å². The van der Waals surface area contributed by atoms with Crippen molar-refractivity contribution >= 4 is 11.9 Å². The van der Waals surface area contributed by atoms with E-state index >= 15 is 0 Å². The number of ether oxygens (including phenoxy) is 2. The zero-order chi connectivity index (χ0) is 22.8. The van der Waals surface area contributed by atoms with Gasteiger partial charge in [-0.3, -0.25) is 9.59 Å². The zero-order valence-corrected chi connectivity index (χ0v) is 20.8. The van der Waals surface area contributed by atoms with Gasteiger partial charge in [-0.25, -0.2) is 0 Å². The van der Waals surface area contributed by atoms with Crippen molar-refractivity contribution in [3.05, 3.63) is 0 Å². The van der Waals surface area contributed by atoms with Gasteiger partial charge in [0, 0.05) is 12.8 Å². The summed E-state index contributed by atoms with van der Waals surface area (Å²) in [6.45, 7) is 14.1. The first-order valence-electron chi connectivity index (χ1n) is 12.5. The third-order valence-electron chi connectivity index (χ3n) is 5.74. The molecule has 30 heavy (non-hydrogen) atoms. The van der Waals surface area contributed by atoms with E-state index in [0.29, 0.717) is 49.7 Å². The molecule has 0 bridgehead atoms. The van der Waals surface area contributed by atoms with Crippen molar-refractivity contribution in [3.63, 3.8) is 0 Å². The van der Waals surface area contributed by atoms with E-state index in [0.717, 1.165) is 32.1 Å². The maximum atomic E-state index is 12.1. The van der Waals surface area contributed by atoms with Crippen LogP contribution in [-0.4, -0.2) is 25.2 Å². The second-order valence-corrected chi connectivity index (χ2v) is 10.0. The van der Waals surface area contributed by atoms with Gasteiger partial charge in [0.05, 0.1) is 13.2 Å². The fraction of sp³-hybridized carbons (Fsp3) is 0.923. The molecule has 4 nitrogen and oxygen atoms in total. The average molecular weight is 427 g/mol. The Kier molecular flexibility index (Phi) is 18.0. The van der Waals surface area contributed by atoms with Crippen LogP contribution < -0.4 is 0 Å². The molecule has 0 aliphatic heterocycles. The quantitative estimate of drug-likeness (QED) is 0.160. The number of hydrogen-bond acceptors (Lipinski definition) is 4. The summed E-state index contributed by atoms with van der Waals surface area (Å²) in [7, 11) is 0. The third-order valence-corrected chi connectivity index (χ3v) is 5.74. The van der Waals surface area contributed by atoms with Crippen molar-refractivity contribution in [2.75, 3.05) is 13.2 Å². The minimum Gasteiger partial charge on any atom is -0.466 e. The SMILES string of the molecule is CC(C)CCOC(=O)CCCCCCCCCC(CC(=O)OCCC(C)C)C(C)C. The van der Waals surface area contributed by atoms with Crippen molar-refractivity contribution in [1.29, 1.82) is 0 Å². The Morgan fingerprint density at radius 2 is 1.07 bits per heavy atom. The smallest absolute Gasteiger partial charge is 0.306 e. The lowest BCUT2D eigenvalue weighted by molar-refractivity contribution is -0.146. The fourth-order valence-electron chi connectivity index (χ4n) is 3.39. The highest BCUT2D eigenvalue weighted by Crippen LogP contribution is 2.23. The topological polar surface area (TPSA) is 52.6 Å². The molecular weight excluding hydrogens is 376 g/mol. The van der Waals surface area contributed by atoms with Crippen molar-refractivity contribution in [1.82, 2.24) is 0 Å². The van der Waals surface area contributed by atoms with Gasteiger partial charge in [-0.2, -0.15) is 0 Å². The van der Waals surface area contributed by atoms with Crippen LogP contribution in [0.1, 0.15) is 119 Å². The van der Waals surface area contributed by atoms with Gasteiger partial charge in [-0.1, -0.05) is 80.1 Å². The van der Waals surface area contributed by atoms with Crippen molar-refractivity contribution < 1.29 is 19.1 Å². The van der Waals surface area contributed by atoms with Crippen LogP contribution in [0.25, 0.3) is 0 Å². The van der Waals surface area contributed by atoms with Crippen LogP contribution in [-0.2, 0) is 19.1 Å². The molecule has 1 unspecified atom stereocenters. The lowest BCUT2D eigenvalue weighted by Crippen LogP contribution is -2.17. The van der Waals surface area contributed by atoms with Gasteiger partial charge < -0.3 is 9.47 Å². The van der Waals surface area contributed by atoms with Gasteiger partial charge in [0.25, 0.3) is 0 Å². The molecule has 178 valence electrons. The van der Waals surface area contributed by atoms with E-state index in [9.17, 15) is 9.59 Å². The van der Waals surface area contributed by atoms with E-state index in [4.69, 9.17) is 9.47 Å². The molecule has 0 rings (SSSR count). The van der Waals surface area contributed by atoms with Crippen molar-refractivity contribution in [2.45, 2.75) is 119 Å². The third kappa shape index (κ3) is 18.9. The van der Waals surface area contributed by atoms with E-state index in [1.165, 1.54) is 32.1 Å². The second kappa shape index (κ2) is 18.7. The standard InChI is InChI=1S/C26H50O4/c1-21(2)16-18-29-25(27)15-13-11-9-7-8-10-12-14-24(23(5)6)20-26(28)30-19-17-22(3)4/h21-24H,7-20H2,1-6H3. The minimum atomic E-state index is -0.0434. The van der Waals surface area contributed by atoms with Crippen LogP contribution in [0.3, 0.4) is 0 Å². The summed E-state index contributed by atoms with van der Waals surface area (Å²) in [5.41, 5.74) is 0. The molecule has 0 aromatic heterocycles. The summed E-state index contributed by atoms with van der Waals surface area (Å²) >= 11 is 0. The summed E-state index contributed by atoms with van der Waals surface area (Å²) in [6, 6.07) is 0. The Morgan fingerprint density at radius 1 is 0.600 bits per heavy atom. The highest BCUT2D eigenvalue weighted by Gasteiger charge is 2.18. The number of rotatable bonds is 19. The molecule has 0 fully saturated rings. The Bertz CT molecular complexity index is 429. The molecular formula is C26H50O4. The van der Waals surface area contributed by atoms with Gasteiger partial charge in [0.2, 0.25) is 0 Å². The van der Waals surface area contributed by atoms with Crippen LogP contribution in [0.5, 0.6) is 0 Å². The number of hydrogen-bond donors (Lipinski definition) is 0. The Balaban J connectivity index is 3.67. The second-order valence-electron chi connectivity index (χ2n) is 10.0. The molecule has 0 spiro atoms. The highest BCUT2D eigenvalue weighted by molar-refractivity contribution is 5.69. The Morgan fingerprint density at radius 3 is 1.57 bits per heavy atom. The molecule has 0 radical (unpaired) electrons. The zero-order valence-electron chi connectivity index (χ0n) is 20.8. The maximum Gasteiger partial charge on any atom is 0.306 e. The molecule has 4 heteroatoms. The molecule has 0 aromatic rings. The van der Waals surface area contributed by atoms with E-state index in [1.807, 2.05) is 0 Å². The van der Waals surface area contributed by atoms with Gasteiger partial charge >= 0.3 is 11.9 Å². The Labute approximate surface area is 186 Å². The van der Waals surface area contributed by atoms with Gasteiger partial charge in [-0.05, 0) is 49.4 Å². The van der Waals surface area contributed by atoms with E-state index in [1.54, 1.807) is 0 Å². The monoisotopic (exact) mass is 426 g/mol. The summed E-state index contributed by atoms with van der Waals surface area (Å²) < 4.78 is 10.6.